The van der Waals surface area contributed by atoms with Gasteiger partial charge in [0.15, 0.2) is 6.10 Å². The SMILES string of the molecule is CC(C)[C@H](CNC(=O)[C@@H](O)c1ccccc1)Nc1ccc(C(F)(F)F)cc1.O=CC(F)(F)F. The second-order valence-corrected chi connectivity index (χ2v) is 7.29. The lowest BCUT2D eigenvalue weighted by molar-refractivity contribution is -0.156. The first-order valence-electron chi connectivity index (χ1n) is 9.72. The highest BCUT2D eigenvalue weighted by atomic mass is 19.4. The number of alkyl halides is 6. The molecule has 0 aliphatic carbocycles. The molecule has 0 aliphatic rings. The van der Waals surface area contributed by atoms with E-state index in [4.69, 9.17) is 4.79 Å². The predicted molar refractivity (Wildman–Crippen MR) is 110 cm³/mol. The zero-order chi connectivity index (χ0) is 25.2. The Labute approximate surface area is 186 Å². The molecule has 11 heteroatoms. The highest BCUT2D eigenvalue weighted by molar-refractivity contribution is 5.81. The number of aliphatic hydroxyl groups is 1. The molecule has 3 N–H and O–H groups in total. The van der Waals surface area contributed by atoms with Crippen LogP contribution in [0.15, 0.2) is 54.6 Å². The number of aldehydes is 1. The van der Waals surface area contributed by atoms with Gasteiger partial charge in [0.25, 0.3) is 5.91 Å². The van der Waals surface area contributed by atoms with E-state index >= 15 is 0 Å². The minimum absolute atomic E-state index is 0.0986. The van der Waals surface area contributed by atoms with Crippen molar-refractivity contribution >= 4 is 17.9 Å². The van der Waals surface area contributed by atoms with Gasteiger partial charge in [0.05, 0.1) is 5.56 Å². The van der Waals surface area contributed by atoms with Crippen molar-refractivity contribution in [1.82, 2.24) is 5.32 Å². The van der Waals surface area contributed by atoms with Gasteiger partial charge >= 0.3 is 12.4 Å². The van der Waals surface area contributed by atoms with Crippen LogP contribution in [0.3, 0.4) is 0 Å². The highest BCUT2D eigenvalue weighted by Gasteiger charge is 2.30. The molecule has 1 amide bonds. The van der Waals surface area contributed by atoms with Gasteiger partial charge in [-0.3, -0.25) is 9.59 Å². The number of nitrogens with one attached hydrogen (secondary N) is 2. The third-order valence-electron chi connectivity index (χ3n) is 4.36. The number of anilines is 1. The summed E-state index contributed by atoms with van der Waals surface area (Å²) in [6.07, 6.45) is -11.4. The Morgan fingerprint density at radius 2 is 1.48 bits per heavy atom. The van der Waals surface area contributed by atoms with E-state index < -0.39 is 36.2 Å². The van der Waals surface area contributed by atoms with Gasteiger partial charge in [-0.05, 0) is 35.7 Å². The van der Waals surface area contributed by atoms with E-state index in [0.29, 0.717) is 11.3 Å². The van der Waals surface area contributed by atoms with Crippen molar-refractivity contribution in [1.29, 1.82) is 0 Å². The summed E-state index contributed by atoms with van der Waals surface area (Å²) >= 11 is 0. The van der Waals surface area contributed by atoms with E-state index in [-0.39, 0.29) is 18.5 Å². The molecule has 2 aromatic carbocycles. The zero-order valence-corrected chi connectivity index (χ0v) is 17.7. The number of hydrogen-bond acceptors (Lipinski definition) is 4. The molecule has 0 aliphatic heterocycles. The first-order chi connectivity index (χ1) is 15.2. The van der Waals surface area contributed by atoms with Crippen LogP contribution in [0.5, 0.6) is 0 Å². The first-order valence-corrected chi connectivity index (χ1v) is 9.72. The van der Waals surface area contributed by atoms with Gasteiger partial charge in [0.1, 0.15) is 0 Å². The lowest BCUT2D eigenvalue weighted by Crippen LogP contribution is -2.41. The number of benzene rings is 2. The fourth-order valence-electron chi connectivity index (χ4n) is 2.52. The molecule has 0 radical (unpaired) electrons. The van der Waals surface area contributed by atoms with Crippen molar-refractivity contribution < 1.29 is 41.0 Å². The maximum atomic E-state index is 12.6. The van der Waals surface area contributed by atoms with Crippen LogP contribution in [0.4, 0.5) is 32.0 Å². The summed E-state index contributed by atoms with van der Waals surface area (Å²) in [7, 11) is 0. The normalized spacial score (nSPS) is 13.4. The molecular weight excluding hydrogens is 454 g/mol. The van der Waals surface area contributed by atoms with Crippen molar-refractivity contribution in [3.05, 3.63) is 65.7 Å². The van der Waals surface area contributed by atoms with E-state index in [2.05, 4.69) is 10.6 Å². The fourth-order valence-corrected chi connectivity index (χ4v) is 2.52. The molecule has 2 aromatic rings. The molecule has 2 rings (SSSR count). The quantitative estimate of drug-likeness (QED) is 0.397. The Kier molecular flexibility index (Phi) is 10.4. The van der Waals surface area contributed by atoms with Crippen LogP contribution in [-0.2, 0) is 15.8 Å². The number of carbonyl (C=O) groups excluding carboxylic acids is 2. The Balaban J connectivity index is 0.000000801. The predicted octanol–water partition coefficient (Wildman–Crippen LogP) is 4.74. The van der Waals surface area contributed by atoms with Crippen LogP contribution in [0.2, 0.25) is 0 Å². The average molecular weight is 478 g/mol. The van der Waals surface area contributed by atoms with Crippen molar-refractivity contribution in [2.45, 2.75) is 38.3 Å². The van der Waals surface area contributed by atoms with E-state index in [1.807, 2.05) is 13.8 Å². The summed E-state index contributed by atoms with van der Waals surface area (Å²) in [6, 6.07) is 13.1. The summed E-state index contributed by atoms with van der Waals surface area (Å²) in [5.74, 6) is -0.428. The summed E-state index contributed by atoms with van der Waals surface area (Å²) in [5.41, 5.74) is 0.305. The molecule has 5 nitrogen and oxygen atoms in total. The van der Waals surface area contributed by atoms with Gasteiger partial charge in [-0.1, -0.05) is 44.2 Å². The van der Waals surface area contributed by atoms with Crippen LogP contribution in [0.25, 0.3) is 0 Å². The van der Waals surface area contributed by atoms with Gasteiger partial charge in [-0.15, -0.1) is 0 Å². The second-order valence-electron chi connectivity index (χ2n) is 7.29. The number of rotatable bonds is 7. The van der Waals surface area contributed by atoms with Crippen LogP contribution in [-0.4, -0.2) is 36.1 Å². The molecule has 0 heterocycles. The van der Waals surface area contributed by atoms with Crippen molar-refractivity contribution in [2.75, 3.05) is 11.9 Å². The van der Waals surface area contributed by atoms with E-state index in [9.17, 15) is 36.2 Å². The third-order valence-corrected chi connectivity index (χ3v) is 4.36. The van der Waals surface area contributed by atoms with Gasteiger partial charge in [-0.2, -0.15) is 26.3 Å². The Hall–Kier alpha value is -3.08. The molecule has 33 heavy (non-hydrogen) atoms. The third kappa shape index (κ3) is 10.4. The smallest absolute Gasteiger partial charge is 0.380 e. The molecule has 0 saturated heterocycles. The zero-order valence-electron chi connectivity index (χ0n) is 17.7. The first kappa shape index (κ1) is 28.0. The molecular formula is C22H24F6N2O3. The minimum atomic E-state index is -4.64. The fraction of sp³-hybridized carbons (Fsp3) is 0.364. The summed E-state index contributed by atoms with van der Waals surface area (Å²) in [5, 5.41) is 15.9. The van der Waals surface area contributed by atoms with Gasteiger partial charge in [-0.25, -0.2) is 0 Å². The summed E-state index contributed by atoms with van der Waals surface area (Å²) < 4.78 is 69.2. The number of amides is 1. The van der Waals surface area contributed by atoms with E-state index in [0.717, 1.165) is 12.1 Å². The van der Waals surface area contributed by atoms with Crippen LogP contribution < -0.4 is 10.6 Å². The Morgan fingerprint density at radius 3 is 1.91 bits per heavy atom. The van der Waals surface area contributed by atoms with Gasteiger partial charge in [0, 0.05) is 18.3 Å². The lowest BCUT2D eigenvalue weighted by Gasteiger charge is -2.25. The Morgan fingerprint density at radius 1 is 0.970 bits per heavy atom. The van der Waals surface area contributed by atoms with Crippen molar-refractivity contribution in [3.8, 4) is 0 Å². The van der Waals surface area contributed by atoms with E-state index in [1.165, 1.54) is 12.1 Å². The highest BCUT2D eigenvalue weighted by Crippen LogP contribution is 2.30. The summed E-state index contributed by atoms with van der Waals surface area (Å²) in [6.45, 7) is 4.09. The minimum Gasteiger partial charge on any atom is -0.380 e. The molecule has 0 fully saturated rings. The monoisotopic (exact) mass is 478 g/mol. The number of carbonyl (C=O) groups is 2. The van der Waals surface area contributed by atoms with Gasteiger partial charge in [0.2, 0.25) is 6.29 Å². The van der Waals surface area contributed by atoms with E-state index in [1.54, 1.807) is 30.3 Å². The van der Waals surface area contributed by atoms with Crippen molar-refractivity contribution in [3.63, 3.8) is 0 Å². The molecule has 0 saturated carbocycles. The standard InChI is InChI=1S/C20H23F3N2O2.C2HF3O/c1-13(2)17(25-16-10-8-15(9-11-16)20(21,22)23)12-24-19(27)18(26)14-6-4-3-5-7-14;3-2(4,5)1-6/h3-11,13,17-18,25-26H,12H2,1-2H3,(H,24,27);1H/t17-,18-;/m0./s1. The number of halogens is 6. The molecule has 2 atom stereocenters. The lowest BCUT2D eigenvalue weighted by atomic mass is 10.0. The molecule has 0 bridgehead atoms. The maximum Gasteiger partial charge on any atom is 0.446 e. The van der Waals surface area contributed by atoms with Crippen molar-refractivity contribution in [2.24, 2.45) is 5.92 Å². The van der Waals surface area contributed by atoms with Crippen LogP contribution >= 0.6 is 0 Å². The average Bonchev–Trinajstić information content (AvgIpc) is 2.76. The van der Waals surface area contributed by atoms with Gasteiger partial charge < -0.3 is 15.7 Å². The second kappa shape index (κ2) is 12.2. The van der Waals surface area contributed by atoms with Crippen LogP contribution in [0.1, 0.15) is 31.1 Å². The molecule has 0 unspecified atom stereocenters. The van der Waals surface area contributed by atoms with Crippen LogP contribution in [0, 0.1) is 5.92 Å². The molecule has 0 aromatic heterocycles. The number of aliphatic hydroxyl groups excluding tert-OH is 1. The molecule has 182 valence electrons. The maximum absolute atomic E-state index is 12.6. The topological polar surface area (TPSA) is 78.4 Å². The largest absolute Gasteiger partial charge is 0.446 e. The summed E-state index contributed by atoms with van der Waals surface area (Å²) in [4.78, 5) is 20.9. The molecule has 0 spiro atoms. The Bertz CT molecular complexity index is 868. The number of hydrogen-bond donors (Lipinski definition) is 3.